The summed E-state index contributed by atoms with van der Waals surface area (Å²) in [4.78, 5) is 0. The fourth-order valence-corrected chi connectivity index (χ4v) is 3.26. The molecule has 1 aliphatic carbocycles. The van der Waals surface area contributed by atoms with Crippen LogP contribution in [0.25, 0.3) is 0 Å². The van der Waals surface area contributed by atoms with Crippen molar-refractivity contribution in [3.63, 3.8) is 0 Å². The molecule has 3 nitrogen and oxygen atoms in total. The third-order valence-electron chi connectivity index (χ3n) is 4.31. The van der Waals surface area contributed by atoms with E-state index >= 15 is 0 Å². The van der Waals surface area contributed by atoms with Crippen molar-refractivity contribution in [1.29, 1.82) is 0 Å². The first-order chi connectivity index (χ1) is 9.42. The highest BCUT2D eigenvalue weighted by atomic mass is 15.6. The second kappa shape index (κ2) is 6.40. The second-order valence-electron chi connectivity index (χ2n) is 5.83. The normalized spacial score (nSPS) is 25.6. The average molecular weight is 259 g/mol. The third-order valence-corrected chi connectivity index (χ3v) is 4.31. The highest BCUT2D eigenvalue weighted by Crippen LogP contribution is 2.22. The topological polar surface area (TPSA) is 27.3 Å². The van der Waals surface area contributed by atoms with E-state index in [1.807, 2.05) is 0 Å². The molecular formula is C16H25N3. The molecule has 1 atom stereocenters. The zero-order valence-electron chi connectivity index (χ0n) is 11.6. The molecule has 0 aromatic heterocycles. The smallest absolute Gasteiger partial charge is 0.0925 e. The zero-order valence-corrected chi connectivity index (χ0v) is 11.6. The molecule has 3 rings (SSSR count). The number of nitrogens with one attached hydrogen (secondary N) is 2. The van der Waals surface area contributed by atoms with Gasteiger partial charge in [0.25, 0.3) is 0 Å². The molecule has 2 fully saturated rings. The van der Waals surface area contributed by atoms with Gasteiger partial charge in [0.1, 0.15) is 0 Å². The maximum absolute atomic E-state index is 3.76. The van der Waals surface area contributed by atoms with E-state index in [0.29, 0.717) is 12.2 Å². The SMILES string of the molecule is c1ccc(NC2CCCN2NC2CCCCC2)cc1. The minimum Gasteiger partial charge on any atom is -0.369 e. The van der Waals surface area contributed by atoms with Crippen molar-refractivity contribution < 1.29 is 0 Å². The number of nitrogens with zero attached hydrogens (tertiary/aromatic N) is 1. The molecule has 1 aliphatic heterocycles. The van der Waals surface area contributed by atoms with E-state index in [-0.39, 0.29) is 0 Å². The van der Waals surface area contributed by atoms with Crippen LogP contribution in [0.15, 0.2) is 30.3 Å². The van der Waals surface area contributed by atoms with Crippen LogP contribution in [0.4, 0.5) is 5.69 Å². The zero-order chi connectivity index (χ0) is 12.9. The predicted octanol–water partition coefficient (Wildman–Crippen LogP) is 3.36. The molecule has 2 N–H and O–H groups in total. The lowest BCUT2D eigenvalue weighted by Gasteiger charge is -2.33. The number of hydrogen-bond acceptors (Lipinski definition) is 3. The molecule has 1 saturated carbocycles. The first kappa shape index (κ1) is 12.9. The van der Waals surface area contributed by atoms with Gasteiger partial charge in [-0.15, -0.1) is 0 Å². The van der Waals surface area contributed by atoms with E-state index in [1.54, 1.807) is 0 Å². The average Bonchev–Trinajstić information content (AvgIpc) is 2.88. The van der Waals surface area contributed by atoms with E-state index in [0.717, 1.165) is 0 Å². The van der Waals surface area contributed by atoms with Crippen LogP contribution in [0, 0.1) is 0 Å². The lowest BCUT2D eigenvalue weighted by molar-refractivity contribution is 0.136. The molecule has 1 unspecified atom stereocenters. The summed E-state index contributed by atoms with van der Waals surface area (Å²) in [5, 5.41) is 6.08. The number of benzene rings is 1. The lowest BCUT2D eigenvalue weighted by Crippen LogP contribution is -2.50. The summed E-state index contributed by atoms with van der Waals surface area (Å²) >= 11 is 0. The molecular weight excluding hydrogens is 234 g/mol. The summed E-state index contributed by atoms with van der Waals surface area (Å²) in [6.45, 7) is 1.17. The van der Waals surface area contributed by atoms with Gasteiger partial charge in [-0.05, 0) is 37.8 Å². The standard InChI is InChI=1S/C16H25N3/c1-3-8-14(9-4-1)17-16-12-7-13-19(16)18-15-10-5-2-6-11-15/h1,3-4,8-9,15-18H,2,5-7,10-13H2. The summed E-state index contributed by atoms with van der Waals surface area (Å²) in [5.74, 6) is 0. The van der Waals surface area contributed by atoms with E-state index in [2.05, 4.69) is 46.1 Å². The Morgan fingerprint density at radius 1 is 0.895 bits per heavy atom. The minimum atomic E-state index is 0.448. The van der Waals surface area contributed by atoms with E-state index in [1.165, 1.54) is 57.2 Å². The molecule has 104 valence electrons. The van der Waals surface area contributed by atoms with Gasteiger partial charge in [-0.25, -0.2) is 5.01 Å². The Morgan fingerprint density at radius 3 is 2.47 bits per heavy atom. The van der Waals surface area contributed by atoms with Crippen molar-refractivity contribution >= 4 is 5.69 Å². The van der Waals surface area contributed by atoms with Gasteiger partial charge in [0, 0.05) is 18.3 Å². The van der Waals surface area contributed by atoms with Gasteiger partial charge in [-0.1, -0.05) is 37.5 Å². The Balaban J connectivity index is 1.55. The Hall–Kier alpha value is -1.06. The van der Waals surface area contributed by atoms with Crippen LogP contribution in [-0.4, -0.2) is 23.8 Å². The quantitative estimate of drug-likeness (QED) is 0.868. The van der Waals surface area contributed by atoms with Gasteiger partial charge in [0.2, 0.25) is 0 Å². The molecule has 0 spiro atoms. The van der Waals surface area contributed by atoms with Crippen molar-refractivity contribution in [3.05, 3.63) is 30.3 Å². The molecule has 0 bridgehead atoms. The fourth-order valence-electron chi connectivity index (χ4n) is 3.26. The van der Waals surface area contributed by atoms with Crippen molar-refractivity contribution in [2.24, 2.45) is 0 Å². The first-order valence-corrected chi connectivity index (χ1v) is 7.76. The maximum atomic E-state index is 3.76. The van der Waals surface area contributed by atoms with Gasteiger partial charge in [0.05, 0.1) is 6.17 Å². The molecule has 1 aromatic rings. The van der Waals surface area contributed by atoms with Crippen molar-refractivity contribution in [1.82, 2.24) is 10.4 Å². The largest absolute Gasteiger partial charge is 0.369 e. The first-order valence-electron chi connectivity index (χ1n) is 7.76. The second-order valence-corrected chi connectivity index (χ2v) is 5.83. The number of hydrogen-bond donors (Lipinski definition) is 2. The molecule has 1 aromatic carbocycles. The van der Waals surface area contributed by atoms with Crippen LogP contribution in [-0.2, 0) is 0 Å². The number of anilines is 1. The summed E-state index contributed by atoms with van der Waals surface area (Å²) in [5.41, 5.74) is 4.99. The number of para-hydroxylation sites is 1. The van der Waals surface area contributed by atoms with Crippen LogP contribution in [0.2, 0.25) is 0 Å². The predicted molar refractivity (Wildman–Crippen MR) is 79.8 cm³/mol. The Kier molecular flexibility index (Phi) is 4.36. The van der Waals surface area contributed by atoms with Crippen LogP contribution in [0.1, 0.15) is 44.9 Å². The van der Waals surface area contributed by atoms with Gasteiger partial charge in [0.15, 0.2) is 0 Å². The summed E-state index contributed by atoms with van der Waals surface area (Å²) in [7, 11) is 0. The van der Waals surface area contributed by atoms with Gasteiger partial charge in [-0.3, -0.25) is 5.43 Å². The van der Waals surface area contributed by atoms with Crippen molar-refractivity contribution in [3.8, 4) is 0 Å². The van der Waals surface area contributed by atoms with Gasteiger partial charge >= 0.3 is 0 Å². The van der Waals surface area contributed by atoms with Gasteiger partial charge < -0.3 is 5.32 Å². The molecule has 19 heavy (non-hydrogen) atoms. The number of rotatable bonds is 4. The van der Waals surface area contributed by atoms with Crippen LogP contribution in [0.5, 0.6) is 0 Å². The molecule has 1 heterocycles. The van der Waals surface area contributed by atoms with Crippen LogP contribution in [0.3, 0.4) is 0 Å². The summed E-state index contributed by atoms with van der Waals surface area (Å²) in [6.07, 6.45) is 9.85. The summed E-state index contributed by atoms with van der Waals surface area (Å²) < 4.78 is 0. The van der Waals surface area contributed by atoms with E-state index in [9.17, 15) is 0 Å². The maximum Gasteiger partial charge on any atom is 0.0925 e. The van der Waals surface area contributed by atoms with Crippen molar-refractivity contribution in [2.45, 2.75) is 57.2 Å². The Bertz CT molecular complexity index is 373. The highest BCUT2D eigenvalue weighted by Gasteiger charge is 2.26. The molecule has 3 heteroatoms. The van der Waals surface area contributed by atoms with E-state index in [4.69, 9.17) is 0 Å². The summed E-state index contributed by atoms with van der Waals surface area (Å²) in [6, 6.07) is 11.3. The fraction of sp³-hybridized carbons (Fsp3) is 0.625. The highest BCUT2D eigenvalue weighted by molar-refractivity contribution is 5.43. The van der Waals surface area contributed by atoms with Gasteiger partial charge in [-0.2, -0.15) is 0 Å². The molecule has 0 radical (unpaired) electrons. The molecule has 0 amide bonds. The Labute approximate surface area is 116 Å². The Morgan fingerprint density at radius 2 is 1.68 bits per heavy atom. The van der Waals surface area contributed by atoms with E-state index < -0.39 is 0 Å². The van der Waals surface area contributed by atoms with Crippen molar-refractivity contribution in [2.75, 3.05) is 11.9 Å². The minimum absolute atomic E-state index is 0.448. The molecule has 1 saturated heterocycles. The van der Waals surface area contributed by atoms with Crippen LogP contribution < -0.4 is 10.7 Å². The third kappa shape index (κ3) is 3.48. The molecule has 2 aliphatic rings. The lowest BCUT2D eigenvalue weighted by atomic mass is 9.96. The van der Waals surface area contributed by atoms with Crippen LogP contribution >= 0.6 is 0 Å². The number of hydrazine groups is 1. The monoisotopic (exact) mass is 259 g/mol.